The molecule has 1 fully saturated rings. The predicted octanol–water partition coefficient (Wildman–Crippen LogP) is 0.724. The van der Waals surface area contributed by atoms with Gasteiger partial charge in [0.1, 0.15) is 0 Å². The Bertz CT molecular complexity index is 59.5. The van der Waals surface area contributed by atoms with Gasteiger partial charge in [0.25, 0.3) is 0 Å². The van der Waals surface area contributed by atoms with Crippen LogP contribution in [0.15, 0.2) is 0 Å². The first kappa shape index (κ1) is 6.40. The molecule has 0 N–H and O–H groups in total. The van der Waals surface area contributed by atoms with E-state index in [1.807, 2.05) is 0 Å². The maximum absolute atomic E-state index is 2.50. The molecule has 2 heteroatoms. The Hall–Kier alpha value is 0.282. The van der Waals surface area contributed by atoms with Gasteiger partial charge in [-0.2, -0.15) is 0 Å². The molecule has 0 aromatic heterocycles. The highest BCUT2D eigenvalue weighted by Crippen LogP contribution is 2.26. The second kappa shape index (κ2) is 3.34. The smallest absolute Gasteiger partial charge is 0.0725 e. The molecule has 1 aliphatic carbocycles. The summed E-state index contributed by atoms with van der Waals surface area (Å²) >= 11 is 0. The first-order valence-electron chi connectivity index (χ1n) is 3.73. The van der Waals surface area contributed by atoms with Crippen molar-refractivity contribution in [3.8, 4) is 0 Å². The molecule has 0 saturated heterocycles. The average molecular weight is 125 g/mol. The summed E-state index contributed by atoms with van der Waals surface area (Å²) in [5.74, 6) is 1.02. The molecule has 1 saturated carbocycles. The Kier molecular flexibility index (Phi) is 2.67. The van der Waals surface area contributed by atoms with Crippen molar-refractivity contribution in [2.75, 3.05) is 0 Å². The summed E-state index contributed by atoms with van der Waals surface area (Å²) in [6.07, 6.45) is 7.45. The largest absolute Gasteiger partial charge is 0.0952 e. The highest BCUT2D eigenvalue weighted by molar-refractivity contribution is 6.90. The highest BCUT2D eigenvalue weighted by atomic mass is 28.1. The molecular weight excluding hydrogens is 111 g/mol. The molecule has 0 aromatic carbocycles. The van der Waals surface area contributed by atoms with Gasteiger partial charge >= 0.3 is 0 Å². The van der Waals surface area contributed by atoms with Crippen LogP contribution in [-0.4, -0.2) is 17.0 Å². The predicted molar refractivity (Wildman–Crippen MR) is 42.5 cm³/mol. The fraction of sp³-hybridized carbons (Fsp3) is 1.00. The van der Waals surface area contributed by atoms with Crippen LogP contribution in [0, 0.1) is 0 Å². The van der Waals surface area contributed by atoms with E-state index >= 15 is 0 Å². The molecule has 8 heavy (non-hydrogen) atoms. The van der Waals surface area contributed by atoms with Crippen molar-refractivity contribution in [1.29, 1.82) is 0 Å². The lowest BCUT2D eigenvalue weighted by Crippen LogP contribution is -2.07. The molecule has 0 bridgehead atoms. The van der Waals surface area contributed by atoms with Gasteiger partial charge < -0.3 is 0 Å². The zero-order chi connectivity index (χ0) is 5.82. The molecule has 0 aliphatic heterocycles. The molecule has 0 amide bonds. The minimum atomic E-state index is 1.02. The lowest BCUT2D eigenvalue weighted by atomic mass is 9.74. The first-order valence-corrected chi connectivity index (χ1v) is 4.88. The van der Waals surface area contributed by atoms with Crippen LogP contribution in [0.3, 0.4) is 0 Å². The van der Waals surface area contributed by atoms with E-state index in [1.54, 1.807) is 0 Å². The summed E-state index contributed by atoms with van der Waals surface area (Å²) < 4.78 is 0. The van der Waals surface area contributed by atoms with E-state index in [4.69, 9.17) is 0 Å². The zero-order valence-electron chi connectivity index (χ0n) is 5.69. The van der Waals surface area contributed by atoms with Crippen LogP contribution in [-0.2, 0) is 0 Å². The molecule has 0 spiro atoms. The van der Waals surface area contributed by atoms with Crippen LogP contribution in [0.5, 0.6) is 0 Å². The molecule has 45 valence electrons. The summed E-state index contributed by atoms with van der Waals surface area (Å²) in [6, 6.07) is 0. The van der Waals surface area contributed by atoms with Crippen LogP contribution < -0.4 is 0 Å². The van der Waals surface area contributed by atoms with Crippen molar-refractivity contribution < 1.29 is 0 Å². The van der Waals surface area contributed by atoms with Crippen LogP contribution in [0.2, 0.25) is 5.82 Å². The quantitative estimate of drug-likeness (QED) is 0.453. The third-order valence-electron chi connectivity index (χ3n) is 2.12. The standard InChI is InChI=1S/C6H14BSi/c8-7-6-4-2-1-3-5-6/h6H,1-5H2,8H3. The fourth-order valence-corrected chi connectivity index (χ4v) is 2.13. The minimum absolute atomic E-state index is 1.02. The Morgan fingerprint density at radius 3 is 2.12 bits per heavy atom. The molecule has 0 nitrogen and oxygen atoms in total. The second-order valence-electron chi connectivity index (χ2n) is 2.73. The van der Waals surface area contributed by atoms with Gasteiger partial charge in [-0.05, 0) is 10.1 Å². The van der Waals surface area contributed by atoms with E-state index in [9.17, 15) is 0 Å². The van der Waals surface area contributed by atoms with E-state index in [-0.39, 0.29) is 0 Å². The summed E-state index contributed by atoms with van der Waals surface area (Å²) in [5, 5.41) is 0. The van der Waals surface area contributed by atoms with Crippen molar-refractivity contribution in [3.63, 3.8) is 0 Å². The molecule has 0 heterocycles. The van der Waals surface area contributed by atoms with E-state index in [0.717, 1.165) is 5.82 Å². The molecule has 0 unspecified atom stereocenters. The summed E-state index contributed by atoms with van der Waals surface area (Å²) in [6.45, 7) is 2.50. The third kappa shape index (κ3) is 1.66. The zero-order valence-corrected chi connectivity index (χ0v) is 7.69. The maximum atomic E-state index is 2.50. The first-order chi connectivity index (χ1) is 3.93. The van der Waals surface area contributed by atoms with Gasteiger partial charge in [0.2, 0.25) is 0 Å². The number of hydrogen-bond donors (Lipinski definition) is 0. The van der Waals surface area contributed by atoms with Crippen molar-refractivity contribution >= 4 is 17.0 Å². The minimum Gasteiger partial charge on any atom is -0.0725 e. The van der Waals surface area contributed by atoms with Crippen molar-refractivity contribution in [1.82, 2.24) is 0 Å². The molecule has 1 radical (unpaired) electrons. The van der Waals surface area contributed by atoms with Gasteiger partial charge in [-0.15, -0.1) is 0 Å². The Labute approximate surface area is 55.7 Å². The maximum Gasteiger partial charge on any atom is 0.0952 e. The lowest BCUT2D eigenvalue weighted by Gasteiger charge is -2.18. The topological polar surface area (TPSA) is 0 Å². The molecule has 1 rings (SSSR count). The van der Waals surface area contributed by atoms with Crippen molar-refractivity contribution in [2.45, 2.75) is 37.9 Å². The fourth-order valence-electron chi connectivity index (χ4n) is 1.47. The van der Waals surface area contributed by atoms with Crippen LogP contribution >= 0.6 is 0 Å². The SMILES string of the molecule is [SiH3][B]C1CCCCC1. The Morgan fingerprint density at radius 1 is 1.12 bits per heavy atom. The van der Waals surface area contributed by atoms with Crippen LogP contribution in [0.25, 0.3) is 0 Å². The molecule has 1 aliphatic rings. The lowest BCUT2D eigenvalue weighted by molar-refractivity contribution is 0.503. The van der Waals surface area contributed by atoms with E-state index < -0.39 is 0 Å². The van der Waals surface area contributed by atoms with Gasteiger partial charge in [0.15, 0.2) is 0 Å². The summed E-state index contributed by atoms with van der Waals surface area (Å²) in [5.41, 5.74) is 0. The summed E-state index contributed by atoms with van der Waals surface area (Å²) in [4.78, 5) is 0. The van der Waals surface area contributed by atoms with Gasteiger partial charge in [-0.3, -0.25) is 0 Å². The van der Waals surface area contributed by atoms with Gasteiger partial charge in [0.05, 0.1) is 6.87 Å². The normalized spacial score (nSPS) is 23.5. The van der Waals surface area contributed by atoms with Crippen molar-refractivity contribution in [2.24, 2.45) is 0 Å². The molecular formula is C6H14BSi. The van der Waals surface area contributed by atoms with Crippen molar-refractivity contribution in [3.05, 3.63) is 0 Å². The number of hydrogen-bond acceptors (Lipinski definition) is 0. The molecule has 0 atom stereocenters. The Balaban J connectivity index is 2.13. The molecule has 0 aromatic rings. The number of rotatable bonds is 1. The van der Waals surface area contributed by atoms with E-state index in [1.165, 1.54) is 42.2 Å². The highest BCUT2D eigenvalue weighted by Gasteiger charge is 2.10. The Morgan fingerprint density at radius 2 is 1.75 bits per heavy atom. The monoisotopic (exact) mass is 125 g/mol. The average Bonchev–Trinajstić information content (AvgIpc) is 1.90. The van der Waals surface area contributed by atoms with Gasteiger partial charge in [-0.25, -0.2) is 0 Å². The third-order valence-corrected chi connectivity index (χ3v) is 3.06. The van der Waals surface area contributed by atoms with Gasteiger partial charge in [-0.1, -0.05) is 37.9 Å². The van der Waals surface area contributed by atoms with Gasteiger partial charge in [0, 0.05) is 0 Å². The second-order valence-corrected chi connectivity index (χ2v) is 3.40. The van der Waals surface area contributed by atoms with Crippen LogP contribution in [0.4, 0.5) is 0 Å². The van der Waals surface area contributed by atoms with E-state index in [0.29, 0.717) is 0 Å². The summed E-state index contributed by atoms with van der Waals surface area (Å²) in [7, 11) is 1.30. The van der Waals surface area contributed by atoms with Crippen LogP contribution in [0.1, 0.15) is 32.1 Å². The van der Waals surface area contributed by atoms with E-state index in [2.05, 4.69) is 6.87 Å².